The molecule has 59 heavy (non-hydrogen) atoms. The minimum Gasteiger partial charge on any atom is -0.309 e. The maximum absolute atomic E-state index is 5.61. The molecule has 5 heteroatoms. The maximum Gasteiger partial charge on any atom is 0.165 e. The molecule has 0 N–H and O–H groups in total. The van der Waals surface area contributed by atoms with E-state index in [2.05, 4.69) is 202 Å². The molecule has 0 spiro atoms. The molecule has 5 aromatic heterocycles. The molecule has 9 aromatic carbocycles. The van der Waals surface area contributed by atoms with Crippen molar-refractivity contribution in [1.82, 2.24) is 23.5 Å². The Labute approximate surface area is 336 Å². The van der Waals surface area contributed by atoms with Crippen LogP contribution in [0.25, 0.3) is 126 Å². The SMILES string of the molecule is c1ccc(-n2c3ccccc3c3cc(-c4nc5ccccc5nc4-n4c5ccccc5c5cc6c7ccccc7n7c8ccc9ccccc9c8c(c54)c67)ccc32)cc1. The highest BCUT2D eigenvalue weighted by Gasteiger charge is 2.27. The molecule has 5 heterocycles. The van der Waals surface area contributed by atoms with Crippen molar-refractivity contribution in [2.24, 2.45) is 0 Å². The standard InChI is InChI=1S/C54H31N5/c1-2-15-34(16-3-1)57-44-23-11-6-18-36(44)39-30-33(27-28-47(39)57)51-54(56-43-22-10-9-21-42(43)55-51)59-46-25-13-8-20-38(46)41-31-40-37-19-7-12-24-45(37)58-48-29-26-32-14-4-5-17-35(32)49(48)50(52(40)58)53(41)59/h1-31H. The second-order valence-electron chi connectivity index (χ2n) is 15.7. The second-order valence-corrected chi connectivity index (χ2v) is 15.7. The summed E-state index contributed by atoms with van der Waals surface area (Å²) in [6.45, 7) is 0. The van der Waals surface area contributed by atoms with E-state index in [0.717, 1.165) is 50.3 Å². The Hall–Kier alpha value is -8.02. The van der Waals surface area contributed by atoms with Crippen LogP contribution in [0, 0.1) is 0 Å². The lowest BCUT2D eigenvalue weighted by Gasteiger charge is -2.15. The molecule has 0 radical (unpaired) electrons. The van der Waals surface area contributed by atoms with Gasteiger partial charge in [0.2, 0.25) is 0 Å². The van der Waals surface area contributed by atoms with Crippen molar-refractivity contribution in [3.8, 4) is 22.8 Å². The Kier molecular flexibility index (Phi) is 5.96. The monoisotopic (exact) mass is 749 g/mol. The van der Waals surface area contributed by atoms with E-state index in [1.54, 1.807) is 0 Å². The maximum atomic E-state index is 5.61. The number of hydrogen-bond acceptors (Lipinski definition) is 2. The van der Waals surface area contributed by atoms with E-state index < -0.39 is 0 Å². The molecule has 5 nitrogen and oxygen atoms in total. The molecule has 0 saturated heterocycles. The van der Waals surface area contributed by atoms with Gasteiger partial charge >= 0.3 is 0 Å². The first-order valence-corrected chi connectivity index (χ1v) is 20.2. The van der Waals surface area contributed by atoms with Gasteiger partial charge < -0.3 is 8.97 Å². The average Bonchev–Trinajstić information content (AvgIpc) is 4.03. The molecule has 0 aliphatic heterocycles. The summed E-state index contributed by atoms with van der Waals surface area (Å²) in [4.78, 5) is 11.1. The second kappa shape index (κ2) is 11.3. The van der Waals surface area contributed by atoms with Gasteiger partial charge in [0.05, 0.1) is 49.7 Å². The first-order valence-electron chi connectivity index (χ1n) is 20.2. The largest absolute Gasteiger partial charge is 0.309 e. The lowest BCUT2D eigenvalue weighted by atomic mass is 9.99. The fourth-order valence-electron chi connectivity index (χ4n) is 10.3. The molecule has 0 saturated carbocycles. The summed E-state index contributed by atoms with van der Waals surface area (Å²) in [6.07, 6.45) is 0. The van der Waals surface area contributed by atoms with E-state index in [4.69, 9.17) is 9.97 Å². The van der Waals surface area contributed by atoms with Gasteiger partial charge in [-0.3, -0.25) is 4.57 Å². The van der Waals surface area contributed by atoms with E-state index in [-0.39, 0.29) is 0 Å². The Balaban J connectivity index is 1.17. The number of para-hydroxylation sites is 6. The molecule has 0 aliphatic carbocycles. The highest BCUT2D eigenvalue weighted by molar-refractivity contribution is 6.37. The van der Waals surface area contributed by atoms with Gasteiger partial charge in [-0.15, -0.1) is 0 Å². The van der Waals surface area contributed by atoms with Crippen molar-refractivity contribution < 1.29 is 0 Å². The zero-order chi connectivity index (χ0) is 38.3. The Bertz CT molecular complexity index is 4070. The summed E-state index contributed by atoms with van der Waals surface area (Å²) >= 11 is 0. The van der Waals surface area contributed by atoms with Crippen LogP contribution in [0.15, 0.2) is 188 Å². The number of aromatic nitrogens is 5. The molecule has 0 aliphatic rings. The van der Waals surface area contributed by atoms with Crippen molar-refractivity contribution in [2.75, 3.05) is 0 Å². The highest BCUT2D eigenvalue weighted by Crippen LogP contribution is 2.48. The molecule has 0 unspecified atom stereocenters. The Morgan fingerprint density at radius 1 is 0.339 bits per heavy atom. The smallest absolute Gasteiger partial charge is 0.165 e. The molecule has 0 atom stereocenters. The van der Waals surface area contributed by atoms with Crippen LogP contribution in [0.3, 0.4) is 0 Å². The van der Waals surface area contributed by atoms with Crippen molar-refractivity contribution in [3.63, 3.8) is 0 Å². The fourth-order valence-corrected chi connectivity index (χ4v) is 10.3. The predicted molar refractivity (Wildman–Crippen MR) is 246 cm³/mol. The van der Waals surface area contributed by atoms with Gasteiger partial charge in [-0.1, -0.05) is 121 Å². The van der Waals surface area contributed by atoms with Crippen molar-refractivity contribution in [2.45, 2.75) is 0 Å². The molecular formula is C54H31N5. The van der Waals surface area contributed by atoms with Crippen molar-refractivity contribution in [3.05, 3.63) is 188 Å². The summed E-state index contributed by atoms with van der Waals surface area (Å²) in [7, 11) is 0. The number of nitrogens with zero attached hydrogens (tertiary/aromatic N) is 5. The normalized spacial score (nSPS) is 12.4. The summed E-state index contributed by atoms with van der Waals surface area (Å²) in [5, 5.41) is 12.3. The van der Waals surface area contributed by atoms with Crippen LogP contribution in [-0.4, -0.2) is 23.5 Å². The van der Waals surface area contributed by atoms with Crippen LogP contribution >= 0.6 is 0 Å². The van der Waals surface area contributed by atoms with Crippen LogP contribution in [0.5, 0.6) is 0 Å². The van der Waals surface area contributed by atoms with Crippen LogP contribution < -0.4 is 0 Å². The van der Waals surface area contributed by atoms with Gasteiger partial charge in [-0.25, -0.2) is 9.97 Å². The highest BCUT2D eigenvalue weighted by atomic mass is 15.1. The number of rotatable bonds is 3. The van der Waals surface area contributed by atoms with Gasteiger partial charge in [0, 0.05) is 54.3 Å². The van der Waals surface area contributed by atoms with Crippen LogP contribution in [0.4, 0.5) is 0 Å². The summed E-state index contributed by atoms with van der Waals surface area (Å²) < 4.78 is 7.28. The van der Waals surface area contributed by atoms with Crippen LogP contribution in [-0.2, 0) is 0 Å². The van der Waals surface area contributed by atoms with E-state index in [1.165, 1.54) is 75.9 Å². The van der Waals surface area contributed by atoms with E-state index in [9.17, 15) is 0 Å². The minimum atomic E-state index is 0.813. The quantitative estimate of drug-likeness (QED) is 0.180. The molecule has 0 amide bonds. The third kappa shape index (κ3) is 4.03. The number of benzene rings is 9. The van der Waals surface area contributed by atoms with Crippen LogP contribution in [0.2, 0.25) is 0 Å². The van der Waals surface area contributed by atoms with Crippen molar-refractivity contribution >= 4 is 104 Å². The third-order valence-corrected chi connectivity index (χ3v) is 12.7. The Morgan fingerprint density at radius 3 is 1.71 bits per heavy atom. The third-order valence-electron chi connectivity index (χ3n) is 12.7. The molecule has 14 aromatic rings. The lowest BCUT2D eigenvalue weighted by molar-refractivity contribution is 1.08. The summed E-state index contributed by atoms with van der Waals surface area (Å²) in [6, 6.07) is 67.9. The van der Waals surface area contributed by atoms with Gasteiger partial charge in [0.15, 0.2) is 5.82 Å². The Morgan fingerprint density at radius 2 is 0.915 bits per heavy atom. The van der Waals surface area contributed by atoms with E-state index in [0.29, 0.717) is 0 Å². The molecular weight excluding hydrogens is 719 g/mol. The van der Waals surface area contributed by atoms with Gasteiger partial charge in [-0.2, -0.15) is 0 Å². The zero-order valence-corrected chi connectivity index (χ0v) is 31.6. The lowest BCUT2D eigenvalue weighted by Crippen LogP contribution is -2.04. The molecule has 0 fully saturated rings. The van der Waals surface area contributed by atoms with Gasteiger partial charge in [0.1, 0.15) is 5.69 Å². The van der Waals surface area contributed by atoms with E-state index >= 15 is 0 Å². The van der Waals surface area contributed by atoms with Gasteiger partial charge in [-0.05, 0) is 77.5 Å². The first kappa shape index (κ1) is 31.1. The molecule has 0 bridgehead atoms. The topological polar surface area (TPSA) is 40.0 Å². The average molecular weight is 750 g/mol. The number of hydrogen-bond donors (Lipinski definition) is 0. The van der Waals surface area contributed by atoms with E-state index in [1.807, 2.05) is 0 Å². The summed E-state index contributed by atoms with van der Waals surface area (Å²) in [5.41, 5.74) is 12.9. The van der Waals surface area contributed by atoms with Crippen LogP contribution in [0.1, 0.15) is 0 Å². The van der Waals surface area contributed by atoms with Crippen molar-refractivity contribution in [1.29, 1.82) is 0 Å². The fraction of sp³-hybridized carbons (Fsp3) is 0. The minimum absolute atomic E-state index is 0.813. The molecule has 14 rings (SSSR count). The number of fused-ring (bicyclic) bond motifs is 16. The first-order chi connectivity index (χ1) is 29.3. The zero-order valence-electron chi connectivity index (χ0n) is 31.6. The predicted octanol–water partition coefficient (Wildman–Crippen LogP) is 13.8. The molecule has 272 valence electrons. The van der Waals surface area contributed by atoms with Gasteiger partial charge in [0.25, 0.3) is 0 Å². The summed E-state index contributed by atoms with van der Waals surface area (Å²) in [5.74, 6) is 0.813.